The van der Waals surface area contributed by atoms with Crippen molar-refractivity contribution in [3.05, 3.63) is 32.8 Å². The van der Waals surface area contributed by atoms with Crippen molar-refractivity contribution in [3.8, 4) is 0 Å². The van der Waals surface area contributed by atoms with Crippen molar-refractivity contribution >= 4 is 23.0 Å². The Morgan fingerprint density at radius 2 is 2.29 bits per heavy atom. The number of benzene rings is 1. The van der Waals surface area contributed by atoms with Gasteiger partial charge in [-0.15, -0.1) is 0 Å². The highest BCUT2D eigenvalue weighted by Crippen LogP contribution is 2.34. The number of nitrogens with zero attached hydrogens (tertiary/aromatic N) is 1. The Morgan fingerprint density at radius 1 is 1.57 bits per heavy atom. The molecule has 2 unspecified atom stereocenters. The van der Waals surface area contributed by atoms with Crippen LogP contribution in [0, 0.1) is 17.0 Å². The monoisotopic (exact) mass is 312 g/mol. The summed E-state index contributed by atoms with van der Waals surface area (Å²) in [5, 5.41) is 14.5. The van der Waals surface area contributed by atoms with Crippen LogP contribution in [0.25, 0.3) is 0 Å². The molecule has 0 saturated carbocycles. The van der Waals surface area contributed by atoms with Crippen molar-refractivity contribution < 1.29 is 9.66 Å². The molecule has 0 aliphatic carbocycles. The maximum Gasteiger partial charge on any atom is 0.288 e. The van der Waals surface area contributed by atoms with Gasteiger partial charge in [0.05, 0.1) is 10.5 Å². The number of nitro groups is 1. The highest BCUT2D eigenvalue weighted by atomic mass is 35.5. The number of aryl methyl sites for hydroxylation is 1. The lowest BCUT2D eigenvalue weighted by molar-refractivity contribution is -0.384. The lowest BCUT2D eigenvalue weighted by Gasteiger charge is -2.38. The van der Waals surface area contributed by atoms with Crippen molar-refractivity contribution in [1.29, 1.82) is 0 Å². The van der Waals surface area contributed by atoms with Crippen LogP contribution in [0.5, 0.6) is 0 Å². The number of hydrogen-bond donors (Lipinski definition) is 1. The lowest BCUT2D eigenvalue weighted by atomic mass is 9.89. The smallest absolute Gasteiger partial charge is 0.288 e. The van der Waals surface area contributed by atoms with Gasteiger partial charge in [0.2, 0.25) is 0 Å². The largest absolute Gasteiger partial charge is 0.382 e. The predicted octanol–water partition coefficient (Wildman–Crippen LogP) is 4.32. The Bertz CT molecular complexity index is 550. The van der Waals surface area contributed by atoms with Crippen LogP contribution in [-0.4, -0.2) is 23.2 Å². The first-order valence-electron chi connectivity index (χ1n) is 7.19. The molecule has 21 heavy (non-hydrogen) atoms. The van der Waals surface area contributed by atoms with Gasteiger partial charge in [0.25, 0.3) is 5.69 Å². The van der Waals surface area contributed by atoms with Crippen LogP contribution in [0.1, 0.15) is 38.7 Å². The van der Waals surface area contributed by atoms with Crippen LogP contribution in [0.4, 0.5) is 11.4 Å². The number of ether oxygens (including phenoxy) is 1. The summed E-state index contributed by atoms with van der Waals surface area (Å²) >= 11 is 5.99. The number of nitrogens with one attached hydrogen (secondary N) is 1. The second-order valence-electron chi connectivity index (χ2n) is 5.86. The molecule has 1 aromatic carbocycles. The Balaban J connectivity index is 2.16. The zero-order valence-corrected chi connectivity index (χ0v) is 13.4. The fourth-order valence-corrected chi connectivity index (χ4v) is 2.91. The highest BCUT2D eigenvalue weighted by Gasteiger charge is 2.31. The maximum atomic E-state index is 10.9. The topological polar surface area (TPSA) is 64.4 Å². The first-order chi connectivity index (χ1) is 9.84. The summed E-state index contributed by atoms with van der Waals surface area (Å²) in [4.78, 5) is 10.4. The third-order valence-electron chi connectivity index (χ3n) is 4.19. The van der Waals surface area contributed by atoms with E-state index in [0.717, 1.165) is 37.1 Å². The molecule has 0 aromatic heterocycles. The van der Waals surface area contributed by atoms with Crippen LogP contribution >= 0.6 is 11.6 Å². The van der Waals surface area contributed by atoms with Gasteiger partial charge in [-0.25, -0.2) is 0 Å². The molecule has 6 heteroatoms. The summed E-state index contributed by atoms with van der Waals surface area (Å²) in [6.07, 6.45) is 2.80. The van der Waals surface area contributed by atoms with Crippen molar-refractivity contribution in [2.24, 2.45) is 0 Å². The lowest BCUT2D eigenvalue weighted by Crippen LogP contribution is -2.41. The number of halogens is 1. The molecule has 0 bridgehead atoms. The van der Waals surface area contributed by atoms with E-state index in [0.29, 0.717) is 6.04 Å². The molecule has 1 aromatic rings. The highest BCUT2D eigenvalue weighted by molar-refractivity contribution is 6.33. The molecule has 5 nitrogen and oxygen atoms in total. The fraction of sp³-hybridized carbons (Fsp3) is 0.600. The molecular weight excluding hydrogens is 292 g/mol. The molecule has 2 rings (SSSR count). The third kappa shape index (κ3) is 3.66. The van der Waals surface area contributed by atoms with E-state index in [9.17, 15) is 10.1 Å². The zero-order valence-electron chi connectivity index (χ0n) is 12.6. The standard InChI is InChI=1S/C15H21ClN2O3/c1-4-15(3)9-11(5-6-21-15)17-13-8-12(16)14(18(19)20)7-10(13)2/h7-8,11,17H,4-6,9H2,1-3H3. The molecule has 1 N–H and O–H groups in total. The molecule has 0 radical (unpaired) electrons. The van der Waals surface area contributed by atoms with Gasteiger partial charge in [0.1, 0.15) is 5.02 Å². The summed E-state index contributed by atoms with van der Waals surface area (Å²) in [5.74, 6) is 0. The summed E-state index contributed by atoms with van der Waals surface area (Å²) in [5.41, 5.74) is 1.53. The van der Waals surface area contributed by atoms with Gasteiger partial charge in [-0.3, -0.25) is 10.1 Å². The van der Waals surface area contributed by atoms with Gasteiger partial charge in [0, 0.05) is 24.4 Å². The second kappa shape index (κ2) is 6.20. The third-order valence-corrected chi connectivity index (χ3v) is 4.50. The molecule has 1 aliphatic rings. The van der Waals surface area contributed by atoms with E-state index in [4.69, 9.17) is 16.3 Å². The van der Waals surface area contributed by atoms with Gasteiger partial charge in [-0.1, -0.05) is 18.5 Å². The molecule has 0 spiro atoms. The van der Waals surface area contributed by atoms with Crippen LogP contribution in [-0.2, 0) is 4.74 Å². The van der Waals surface area contributed by atoms with Crippen molar-refractivity contribution in [1.82, 2.24) is 0 Å². The van der Waals surface area contributed by atoms with Crippen molar-refractivity contribution in [3.63, 3.8) is 0 Å². The molecule has 1 aliphatic heterocycles. The van der Waals surface area contributed by atoms with Gasteiger partial charge in [-0.2, -0.15) is 0 Å². The number of nitro benzene ring substituents is 1. The maximum absolute atomic E-state index is 10.9. The van der Waals surface area contributed by atoms with E-state index in [1.807, 2.05) is 6.92 Å². The fourth-order valence-electron chi connectivity index (χ4n) is 2.68. The molecule has 1 heterocycles. The predicted molar refractivity (Wildman–Crippen MR) is 84.1 cm³/mol. The Morgan fingerprint density at radius 3 is 2.90 bits per heavy atom. The summed E-state index contributed by atoms with van der Waals surface area (Å²) in [6.45, 7) is 6.82. The minimum atomic E-state index is -0.457. The van der Waals surface area contributed by atoms with Crippen LogP contribution in [0.15, 0.2) is 12.1 Å². The first-order valence-corrected chi connectivity index (χ1v) is 7.57. The zero-order chi connectivity index (χ0) is 15.6. The van der Waals surface area contributed by atoms with E-state index in [1.165, 1.54) is 6.07 Å². The molecule has 0 amide bonds. The first kappa shape index (κ1) is 16.0. The average molecular weight is 313 g/mol. The summed E-state index contributed by atoms with van der Waals surface area (Å²) in [7, 11) is 0. The van der Waals surface area contributed by atoms with E-state index in [2.05, 4.69) is 19.2 Å². The number of anilines is 1. The summed E-state index contributed by atoms with van der Waals surface area (Å²) < 4.78 is 5.83. The van der Waals surface area contributed by atoms with E-state index >= 15 is 0 Å². The number of hydrogen-bond acceptors (Lipinski definition) is 4. The Labute approximate surface area is 129 Å². The van der Waals surface area contributed by atoms with E-state index in [-0.39, 0.29) is 16.3 Å². The molecular formula is C15H21ClN2O3. The summed E-state index contributed by atoms with van der Waals surface area (Å²) in [6, 6.07) is 3.46. The Kier molecular flexibility index (Phi) is 4.74. The molecule has 1 fully saturated rings. The number of rotatable bonds is 4. The second-order valence-corrected chi connectivity index (χ2v) is 6.27. The van der Waals surface area contributed by atoms with Gasteiger partial charge < -0.3 is 10.1 Å². The van der Waals surface area contributed by atoms with Gasteiger partial charge in [-0.05, 0) is 44.7 Å². The quantitative estimate of drug-likeness (QED) is 0.664. The van der Waals surface area contributed by atoms with Gasteiger partial charge in [0.15, 0.2) is 0 Å². The Hall–Kier alpha value is -1.33. The van der Waals surface area contributed by atoms with E-state index in [1.54, 1.807) is 6.07 Å². The normalized spacial score (nSPS) is 25.6. The van der Waals surface area contributed by atoms with Crippen LogP contribution < -0.4 is 5.32 Å². The van der Waals surface area contributed by atoms with Crippen molar-refractivity contribution in [2.75, 3.05) is 11.9 Å². The van der Waals surface area contributed by atoms with Gasteiger partial charge >= 0.3 is 0 Å². The molecule has 1 saturated heterocycles. The van der Waals surface area contributed by atoms with Crippen LogP contribution in [0.3, 0.4) is 0 Å². The van der Waals surface area contributed by atoms with Crippen LogP contribution in [0.2, 0.25) is 5.02 Å². The minimum Gasteiger partial charge on any atom is -0.382 e. The minimum absolute atomic E-state index is 0.0508. The average Bonchev–Trinajstić information content (AvgIpc) is 2.42. The SMILES string of the molecule is CCC1(C)CC(Nc2cc(Cl)c([N+](=O)[O-])cc2C)CCO1. The van der Waals surface area contributed by atoms with E-state index < -0.39 is 4.92 Å². The molecule has 116 valence electrons. The molecule has 2 atom stereocenters. The van der Waals surface area contributed by atoms with Crippen molar-refractivity contribution in [2.45, 2.75) is 51.7 Å².